The summed E-state index contributed by atoms with van der Waals surface area (Å²) in [6.07, 6.45) is 0. The van der Waals surface area contributed by atoms with Crippen LogP contribution in [0.2, 0.25) is 0 Å². The van der Waals surface area contributed by atoms with Crippen molar-refractivity contribution in [1.82, 2.24) is 0 Å². The molecule has 0 aromatic heterocycles. The molecule has 0 spiro atoms. The summed E-state index contributed by atoms with van der Waals surface area (Å²) in [4.78, 5) is 15.4. The Morgan fingerprint density at radius 3 is 2.32 bits per heavy atom. The largest absolute Gasteiger partial charge is 0.322 e. The summed E-state index contributed by atoms with van der Waals surface area (Å²) >= 11 is 0. The summed E-state index contributed by atoms with van der Waals surface area (Å²) in [5.41, 5.74) is 4.71. The van der Waals surface area contributed by atoms with Crippen molar-refractivity contribution in [2.45, 2.75) is 20.4 Å². The van der Waals surface area contributed by atoms with E-state index in [1.165, 1.54) is 16.0 Å². The second-order valence-corrected chi connectivity index (χ2v) is 7.13. The maximum Gasteiger partial charge on any atom is 0.279 e. The van der Waals surface area contributed by atoms with Crippen molar-refractivity contribution in [3.8, 4) is 0 Å². The highest BCUT2D eigenvalue weighted by molar-refractivity contribution is 5.92. The highest BCUT2D eigenvalue weighted by Crippen LogP contribution is 2.17. The lowest BCUT2D eigenvalue weighted by molar-refractivity contribution is -1.02. The Labute approximate surface area is 150 Å². The zero-order chi connectivity index (χ0) is 17.6. The molecule has 2 aromatic carbocycles. The SMILES string of the molecule is Cc1cccc(NC(=O)C[NH+]2CC[NH+](Cc3ccccc3)CC2)c1C. The zero-order valence-corrected chi connectivity index (χ0v) is 15.3. The van der Waals surface area contributed by atoms with Crippen LogP contribution in [-0.4, -0.2) is 38.6 Å². The molecule has 1 fully saturated rings. The van der Waals surface area contributed by atoms with Crippen LogP contribution in [0.25, 0.3) is 0 Å². The molecule has 1 saturated heterocycles. The molecule has 132 valence electrons. The molecule has 2 aromatic rings. The average Bonchev–Trinajstić information content (AvgIpc) is 2.62. The quantitative estimate of drug-likeness (QED) is 0.717. The van der Waals surface area contributed by atoms with Crippen LogP contribution in [0.1, 0.15) is 16.7 Å². The number of carbonyl (C=O) groups excluding carboxylic acids is 1. The van der Waals surface area contributed by atoms with Crippen LogP contribution in [0.3, 0.4) is 0 Å². The molecule has 0 radical (unpaired) electrons. The van der Waals surface area contributed by atoms with E-state index in [0.29, 0.717) is 6.54 Å². The zero-order valence-electron chi connectivity index (χ0n) is 15.3. The number of aryl methyl sites for hydroxylation is 1. The van der Waals surface area contributed by atoms with Crippen LogP contribution in [-0.2, 0) is 11.3 Å². The third-order valence-electron chi connectivity index (χ3n) is 5.25. The molecule has 1 aliphatic rings. The number of anilines is 1. The van der Waals surface area contributed by atoms with Gasteiger partial charge in [-0.3, -0.25) is 4.79 Å². The molecule has 3 N–H and O–H groups in total. The minimum Gasteiger partial charge on any atom is -0.322 e. The van der Waals surface area contributed by atoms with Gasteiger partial charge in [0.05, 0.1) is 0 Å². The molecule has 25 heavy (non-hydrogen) atoms. The van der Waals surface area contributed by atoms with Gasteiger partial charge in [-0.1, -0.05) is 42.5 Å². The number of benzene rings is 2. The normalized spacial score (nSPS) is 20.2. The first-order valence-electron chi connectivity index (χ1n) is 9.19. The van der Waals surface area contributed by atoms with Gasteiger partial charge in [0.25, 0.3) is 5.91 Å². The summed E-state index contributed by atoms with van der Waals surface area (Å²) in [5, 5.41) is 3.08. The smallest absolute Gasteiger partial charge is 0.279 e. The number of carbonyl (C=O) groups is 1. The Balaban J connectivity index is 1.45. The number of quaternary nitrogens is 2. The summed E-state index contributed by atoms with van der Waals surface area (Å²) < 4.78 is 0. The first-order chi connectivity index (χ1) is 12.1. The predicted octanol–water partition coefficient (Wildman–Crippen LogP) is 0.226. The molecule has 0 aliphatic carbocycles. The maximum atomic E-state index is 12.4. The van der Waals surface area contributed by atoms with Gasteiger partial charge in [0.1, 0.15) is 32.7 Å². The maximum absolute atomic E-state index is 12.4. The summed E-state index contributed by atoms with van der Waals surface area (Å²) in [6.45, 7) is 10.1. The van der Waals surface area contributed by atoms with Gasteiger partial charge in [-0.2, -0.15) is 0 Å². The van der Waals surface area contributed by atoms with E-state index in [9.17, 15) is 4.79 Å². The molecular formula is C21H29N3O+2. The highest BCUT2D eigenvalue weighted by Gasteiger charge is 2.24. The molecule has 0 unspecified atom stereocenters. The Morgan fingerprint density at radius 2 is 1.60 bits per heavy atom. The monoisotopic (exact) mass is 339 g/mol. The van der Waals surface area contributed by atoms with Crippen LogP contribution < -0.4 is 15.1 Å². The second kappa shape index (κ2) is 8.28. The van der Waals surface area contributed by atoms with Gasteiger partial charge >= 0.3 is 0 Å². The fourth-order valence-corrected chi connectivity index (χ4v) is 3.50. The van der Waals surface area contributed by atoms with Gasteiger partial charge in [-0.05, 0) is 31.0 Å². The number of rotatable bonds is 5. The molecule has 0 bridgehead atoms. The third kappa shape index (κ3) is 4.91. The number of hydrogen-bond donors (Lipinski definition) is 3. The molecular weight excluding hydrogens is 310 g/mol. The van der Waals surface area contributed by atoms with E-state index in [2.05, 4.69) is 55.6 Å². The van der Waals surface area contributed by atoms with Crippen molar-refractivity contribution in [3.05, 3.63) is 65.2 Å². The molecule has 1 heterocycles. The Bertz CT molecular complexity index is 706. The molecule has 1 aliphatic heterocycles. The molecule has 4 nitrogen and oxygen atoms in total. The van der Waals surface area contributed by atoms with E-state index in [4.69, 9.17) is 0 Å². The minimum atomic E-state index is 0.121. The fraction of sp³-hybridized carbons (Fsp3) is 0.381. The topological polar surface area (TPSA) is 38.0 Å². The van der Waals surface area contributed by atoms with E-state index in [1.807, 2.05) is 12.1 Å². The minimum absolute atomic E-state index is 0.121. The molecule has 0 saturated carbocycles. The van der Waals surface area contributed by atoms with E-state index in [1.54, 1.807) is 4.90 Å². The van der Waals surface area contributed by atoms with Gasteiger partial charge in [0.15, 0.2) is 6.54 Å². The Hall–Kier alpha value is -2.17. The molecule has 1 amide bonds. The molecule has 0 atom stereocenters. The van der Waals surface area contributed by atoms with E-state index in [-0.39, 0.29) is 5.91 Å². The first-order valence-corrected chi connectivity index (χ1v) is 9.19. The predicted molar refractivity (Wildman–Crippen MR) is 101 cm³/mol. The van der Waals surface area contributed by atoms with Gasteiger partial charge < -0.3 is 15.1 Å². The first kappa shape index (κ1) is 17.6. The van der Waals surface area contributed by atoms with Crippen molar-refractivity contribution < 1.29 is 14.6 Å². The lowest BCUT2D eigenvalue weighted by Crippen LogP contribution is -3.28. The standard InChI is InChI=1S/C21H27N3O/c1-17-7-6-10-20(18(17)2)22-21(25)16-24-13-11-23(12-14-24)15-19-8-4-3-5-9-19/h3-10H,11-16H2,1-2H3,(H,22,25)/p+2. The fourth-order valence-electron chi connectivity index (χ4n) is 3.50. The van der Waals surface area contributed by atoms with Crippen molar-refractivity contribution in [3.63, 3.8) is 0 Å². The van der Waals surface area contributed by atoms with Gasteiger partial charge in [0.2, 0.25) is 0 Å². The summed E-state index contributed by atoms with van der Waals surface area (Å²) in [6, 6.07) is 16.7. The van der Waals surface area contributed by atoms with E-state index >= 15 is 0 Å². The van der Waals surface area contributed by atoms with Gasteiger partial charge in [-0.15, -0.1) is 0 Å². The average molecular weight is 339 g/mol. The molecule has 4 heteroatoms. The lowest BCUT2D eigenvalue weighted by Gasteiger charge is -2.29. The number of amides is 1. The van der Waals surface area contributed by atoms with Gasteiger partial charge in [-0.25, -0.2) is 0 Å². The van der Waals surface area contributed by atoms with Crippen molar-refractivity contribution >= 4 is 11.6 Å². The van der Waals surface area contributed by atoms with Crippen LogP contribution in [0.4, 0.5) is 5.69 Å². The number of nitrogens with one attached hydrogen (secondary N) is 3. The van der Waals surface area contributed by atoms with Crippen molar-refractivity contribution in [2.24, 2.45) is 0 Å². The van der Waals surface area contributed by atoms with Gasteiger partial charge in [0, 0.05) is 11.3 Å². The highest BCUT2D eigenvalue weighted by atomic mass is 16.2. The Kier molecular flexibility index (Phi) is 5.84. The van der Waals surface area contributed by atoms with Crippen LogP contribution >= 0.6 is 0 Å². The number of hydrogen-bond acceptors (Lipinski definition) is 1. The molecule has 3 rings (SSSR count). The third-order valence-corrected chi connectivity index (χ3v) is 5.25. The van der Waals surface area contributed by atoms with Crippen LogP contribution in [0.5, 0.6) is 0 Å². The number of piperazine rings is 1. The second-order valence-electron chi connectivity index (χ2n) is 7.13. The van der Waals surface area contributed by atoms with Crippen LogP contribution in [0.15, 0.2) is 48.5 Å². The van der Waals surface area contributed by atoms with Crippen LogP contribution in [0, 0.1) is 13.8 Å². The summed E-state index contributed by atoms with van der Waals surface area (Å²) in [7, 11) is 0. The lowest BCUT2D eigenvalue weighted by atomic mass is 10.1. The Morgan fingerprint density at radius 1 is 0.920 bits per heavy atom. The summed E-state index contributed by atoms with van der Waals surface area (Å²) in [5.74, 6) is 0.121. The van der Waals surface area contributed by atoms with E-state index in [0.717, 1.165) is 44.0 Å². The van der Waals surface area contributed by atoms with Crippen molar-refractivity contribution in [2.75, 3.05) is 38.0 Å². The van der Waals surface area contributed by atoms with Crippen molar-refractivity contribution in [1.29, 1.82) is 0 Å². The van der Waals surface area contributed by atoms with E-state index < -0.39 is 0 Å².